The Hall–Kier alpha value is -2.48. The lowest BCUT2D eigenvalue weighted by Crippen LogP contribution is -2.26. The average Bonchev–Trinajstić information content (AvgIpc) is 3.08. The van der Waals surface area contributed by atoms with Crippen LogP contribution in [-0.4, -0.2) is 36.3 Å². The minimum atomic E-state index is -0.334. The molecule has 1 atom stereocenters. The maximum absolute atomic E-state index is 12.2. The minimum Gasteiger partial charge on any atom is -0.493 e. The fourth-order valence-corrected chi connectivity index (χ4v) is 4.09. The highest BCUT2D eigenvalue weighted by molar-refractivity contribution is 8.15. The molecule has 1 heterocycles. The summed E-state index contributed by atoms with van der Waals surface area (Å²) >= 11 is 13.4. The lowest BCUT2D eigenvalue weighted by atomic mass is 10.1. The molecule has 1 saturated heterocycles. The number of hydrogen-bond acceptors (Lipinski definition) is 6. The first-order valence-corrected chi connectivity index (χ1v) is 10.6. The molecule has 0 radical (unpaired) electrons. The molecule has 2 aromatic rings. The van der Waals surface area contributed by atoms with E-state index in [1.165, 1.54) is 11.8 Å². The van der Waals surface area contributed by atoms with Gasteiger partial charge in [0.05, 0.1) is 18.6 Å². The second-order valence-corrected chi connectivity index (χ2v) is 8.23. The zero-order chi connectivity index (χ0) is 21.5. The van der Waals surface area contributed by atoms with Gasteiger partial charge in [0.15, 0.2) is 16.7 Å². The number of nitrogens with one attached hydrogen (secondary N) is 1. The first-order chi connectivity index (χ1) is 14.5. The highest BCUT2D eigenvalue weighted by Gasteiger charge is 2.31. The van der Waals surface area contributed by atoms with Crippen molar-refractivity contribution in [3.05, 3.63) is 70.2 Å². The summed E-state index contributed by atoms with van der Waals surface area (Å²) in [6.07, 6.45) is 3.70. The van der Waals surface area contributed by atoms with E-state index in [0.717, 1.165) is 11.1 Å². The third-order valence-electron chi connectivity index (χ3n) is 4.10. The third-order valence-corrected chi connectivity index (χ3v) is 5.76. The van der Waals surface area contributed by atoms with Crippen molar-refractivity contribution in [2.75, 3.05) is 13.7 Å². The van der Waals surface area contributed by atoms with Gasteiger partial charge in [0, 0.05) is 10.0 Å². The molecule has 0 saturated carbocycles. The number of amides is 1. The lowest BCUT2D eigenvalue weighted by Gasteiger charge is -2.09. The van der Waals surface area contributed by atoms with Crippen molar-refractivity contribution < 1.29 is 14.3 Å². The molecule has 1 aliphatic rings. The van der Waals surface area contributed by atoms with E-state index < -0.39 is 0 Å². The molecular weight excluding hydrogens is 445 g/mol. The van der Waals surface area contributed by atoms with Gasteiger partial charge in [0.2, 0.25) is 5.91 Å². The summed E-state index contributed by atoms with van der Waals surface area (Å²) in [6, 6.07) is 10.6. The van der Waals surface area contributed by atoms with Crippen LogP contribution in [0.3, 0.4) is 0 Å². The van der Waals surface area contributed by atoms with E-state index >= 15 is 0 Å². The van der Waals surface area contributed by atoms with Crippen molar-refractivity contribution in [3.63, 3.8) is 0 Å². The molecule has 6 nitrogen and oxygen atoms in total. The Bertz CT molecular complexity index is 1010. The maximum atomic E-state index is 12.2. The van der Waals surface area contributed by atoms with Crippen molar-refractivity contribution in [2.45, 2.75) is 11.7 Å². The Morgan fingerprint density at radius 1 is 1.23 bits per heavy atom. The molecule has 30 heavy (non-hydrogen) atoms. The summed E-state index contributed by atoms with van der Waals surface area (Å²) < 4.78 is 10.9. The normalized spacial score (nSPS) is 17.4. The summed E-state index contributed by atoms with van der Waals surface area (Å²) in [5, 5.41) is 12.1. The van der Waals surface area contributed by atoms with Crippen LogP contribution in [0.2, 0.25) is 10.0 Å². The van der Waals surface area contributed by atoms with Crippen LogP contribution in [0.25, 0.3) is 0 Å². The lowest BCUT2D eigenvalue weighted by molar-refractivity contribution is -0.118. The van der Waals surface area contributed by atoms with Gasteiger partial charge in [-0.2, -0.15) is 5.10 Å². The fraction of sp³-hybridized carbons (Fsp3) is 0.190. The van der Waals surface area contributed by atoms with E-state index in [9.17, 15) is 4.79 Å². The van der Waals surface area contributed by atoms with Crippen molar-refractivity contribution >= 4 is 52.3 Å². The highest BCUT2D eigenvalue weighted by atomic mass is 35.5. The smallest absolute Gasteiger partial charge is 0.239 e. The summed E-state index contributed by atoms with van der Waals surface area (Å²) in [7, 11) is 1.56. The Morgan fingerprint density at radius 2 is 2.07 bits per heavy atom. The van der Waals surface area contributed by atoms with Crippen LogP contribution in [0, 0.1) is 0 Å². The number of benzene rings is 2. The topological polar surface area (TPSA) is 72.3 Å². The number of carbonyl (C=O) groups is 1. The van der Waals surface area contributed by atoms with Gasteiger partial charge in [-0.3, -0.25) is 4.79 Å². The molecule has 0 bridgehead atoms. The summed E-state index contributed by atoms with van der Waals surface area (Å²) in [5.74, 6) is 1.06. The number of nitrogens with zero attached hydrogens (tertiary/aromatic N) is 2. The second-order valence-electron chi connectivity index (χ2n) is 6.20. The number of thioether (sulfide) groups is 1. The van der Waals surface area contributed by atoms with Crippen LogP contribution >= 0.6 is 35.0 Å². The van der Waals surface area contributed by atoms with Crippen LogP contribution in [0.1, 0.15) is 11.1 Å². The van der Waals surface area contributed by atoms with E-state index in [-0.39, 0.29) is 11.2 Å². The van der Waals surface area contributed by atoms with Gasteiger partial charge < -0.3 is 14.8 Å². The Kier molecular flexibility index (Phi) is 7.79. The number of halogens is 2. The van der Waals surface area contributed by atoms with Crippen LogP contribution in [-0.2, 0) is 11.2 Å². The summed E-state index contributed by atoms with van der Waals surface area (Å²) in [5.41, 5.74) is 1.63. The van der Waals surface area contributed by atoms with Gasteiger partial charge in [-0.05, 0) is 47.9 Å². The largest absolute Gasteiger partial charge is 0.493 e. The molecule has 1 fully saturated rings. The zero-order valence-corrected chi connectivity index (χ0v) is 18.4. The van der Waals surface area contributed by atoms with Crippen LogP contribution in [0.4, 0.5) is 0 Å². The molecule has 0 spiro atoms. The number of rotatable bonds is 8. The summed E-state index contributed by atoms with van der Waals surface area (Å²) in [4.78, 5) is 12.2. The van der Waals surface area contributed by atoms with E-state index in [2.05, 4.69) is 22.1 Å². The monoisotopic (exact) mass is 463 g/mol. The van der Waals surface area contributed by atoms with Gasteiger partial charge in [0.25, 0.3) is 0 Å². The first-order valence-electron chi connectivity index (χ1n) is 8.94. The Balaban J connectivity index is 1.64. The number of ether oxygens (including phenoxy) is 2. The second kappa shape index (κ2) is 10.5. The Morgan fingerprint density at radius 3 is 2.80 bits per heavy atom. The van der Waals surface area contributed by atoms with Crippen molar-refractivity contribution in [1.82, 2.24) is 5.32 Å². The summed E-state index contributed by atoms with van der Waals surface area (Å²) in [6.45, 7) is 4.01. The molecule has 1 unspecified atom stereocenters. The molecule has 1 amide bonds. The van der Waals surface area contributed by atoms with Gasteiger partial charge in [-0.15, -0.1) is 5.10 Å². The average molecular weight is 464 g/mol. The number of carbonyl (C=O) groups excluding carboxylic acids is 1. The molecule has 0 aliphatic carbocycles. The van der Waals surface area contributed by atoms with Crippen molar-refractivity contribution in [2.24, 2.45) is 10.2 Å². The van der Waals surface area contributed by atoms with E-state index in [1.54, 1.807) is 43.7 Å². The molecule has 0 aromatic heterocycles. The van der Waals surface area contributed by atoms with E-state index in [0.29, 0.717) is 39.7 Å². The predicted molar refractivity (Wildman–Crippen MR) is 123 cm³/mol. The molecule has 2 aromatic carbocycles. The number of hydrogen-bond donors (Lipinski definition) is 1. The molecule has 156 valence electrons. The minimum absolute atomic E-state index is 0.134. The molecule has 9 heteroatoms. The number of methoxy groups -OCH3 is 1. The molecule has 1 aliphatic heterocycles. The van der Waals surface area contributed by atoms with Crippen LogP contribution in [0.5, 0.6) is 11.5 Å². The quantitative estimate of drug-likeness (QED) is 0.348. The third kappa shape index (κ3) is 5.78. The molecular formula is C21H19Cl2N3O3S. The van der Waals surface area contributed by atoms with Crippen LogP contribution in [0.15, 0.2) is 59.3 Å². The van der Waals surface area contributed by atoms with Crippen molar-refractivity contribution in [3.8, 4) is 11.5 Å². The maximum Gasteiger partial charge on any atom is 0.239 e. The fourth-order valence-electron chi connectivity index (χ4n) is 2.65. The predicted octanol–water partition coefficient (Wildman–Crippen LogP) is 4.73. The van der Waals surface area contributed by atoms with Gasteiger partial charge in [0.1, 0.15) is 6.61 Å². The first kappa shape index (κ1) is 22.2. The van der Waals surface area contributed by atoms with Gasteiger partial charge >= 0.3 is 0 Å². The van der Waals surface area contributed by atoms with Gasteiger partial charge in [-0.25, -0.2) is 0 Å². The van der Waals surface area contributed by atoms with Gasteiger partial charge in [-0.1, -0.05) is 53.7 Å². The zero-order valence-electron chi connectivity index (χ0n) is 16.1. The van der Waals surface area contributed by atoms with Crippen LogP contribution < -0.4 is 14.8 Å². The molecule has 3 rings (SSSR count). The standard InChI is InChI=1S/C21H19Cl2N3O3S/c1-3-8-29-17-7-4-13(9-18(17)28-2)12-24-26-21-25-20(27)19(30-21)10-14-5-6-15(22)11-16(14)23/h3-7,9,11-12,19H,1,8,10H2,2H3,(H,25,26,27)/b24-12+. The highest BCUT2D eigenvalue weighted by Crippen LogP contribution is 2.29. The van der Waals surface area contributed by atoms with E-state index in [4.69, 9.17) is 32.7 Å². The van der Waals surface area contributed by atoms with E-state index in [1.807, 2.05) is 12.1 Å². The molecule has 1 N–H and O–H groups in total. The SMILES string of the molecule is C=CCOc1ccc(/C=N/N=C2\NC(=O)C(Cc3ccc(Cl)cc3Cl)S2)cc1OC. The van der Waals surface area contributed by atoms with Crippen molar-refractivity contribution in [1.29, 1.82) is 0 Å². The number of amidine groups is 1. The Labute approximate surface area is 189 Å².